The summed E-state index contributed by atoms with van der Waals surface area (Å²) < 4.78 is 1.84. The molecule has 0 aliphatic rings. The van der Waals surface area contributed by atoms with Crippen molar-refractivity contribution in [2.24, 2.45) is 0 Å². The molecule has 0 spiro atoms. The molecule has 0 fully saturated rings. The quantitative estimate of drug-likeness (QED) is 0.726. The summed E-state index contributed by atoms with van der Waals surface area (Å²) in [5, 5.41) is 9.67. The Morgan fingerprint density at radius 1 is 1.06 bits per heavy atom. The van der Waals surface area contributed by atoms with Gasteiger partial charge in [0.25, 0.3) is 0 Å². The van der Waals surface area contributed by atoms with Crippen LogP contribution in [0.15, 0.2) is 54.9 Å². The topological polar surface area (TPSA) is 37.5 Å². The first kappa shape index (κ1) is 9.90. The van der Waals surface area contributed by atoms with Crippen molar-refractivity contribution in [2.45, 2.75) is 6.42 Å². The van der Waals surface area contributed by atoms with Crippen molar-refractivity contribution in [1.29, 1.82) is 0 Å². The van der Waals surface area contributed by atoms with Crippen molar-refractivity contribution in [2.75, 3.05) is 0 Å². The first-order valence-electron chi connectivity index (χ1n) is 5.52. The van der Waals surface area contributed by atoms with Crippen molar-refractivity contribution in [1.82, 2.24) is 9.38 Å². The Labute approximate surface area is 99.0 Å². The summed E-state index contributed by atoms with van der Waals surface area (Å²) >= 11 is 0. The standard InChI is InChI=1S/C14H12N2O/c17-13-7-4-8-16-10-12(15-14(13)16)9-11-5-2-1-3-6-11/h1-8,10,17H,9H2. The third-order valence-corrected chi connectivity index (χ3v) is 2.74. The van der Waals surface area contributed by atoms with E-state index in [2.05, 4.69) is 17.1 Å². The van der Waals surface area contributed by atoms with Gasteiger partial charge in [-0.2, -0.15) is 0 Å². The Hall–Kier alpha value is -2.29. The third-order valence-electron chi connectivity index (χ3n) is 2.74. The number of hydrogen-bond donors (Lipinski definition) is 1. The molecule has 0 saturated carbocycles. The molecular weight excluding hydrogens is 212 g/mol. The molecule has 0 unspecified atom stereocenters. The van der Waals surface area contributed by atoms with Crippen molar-refractivity contribution in [3.05, 3.63) is 66.1 Å². The van der Waals surface area contributed by atoms with Gasteiger partial charge in [0.15, 0.2) is 11.4 Å². The molecule has 2 heterocycles. The van der Waals surface area contributed by atoms with Crippen molar-refractivity contribution < 1.29 is 5.11 Å². The summed E-state index contributed by atoms with van der Waals surface area (Å²) in [6.07, 6.45) is 4.61. The van der Waals surface area contributed by atoms with E-state index in [1.54, 1.807) is 12.1 Å². The zero-order valence-corrected chi connectivity index (χ0v) is 9.24. The van der Waals surface area contributed by atoms with E-state index in [0.717, 1.165) is 12.1 Å². The summed E-state index contributed by atoms with van der Waals surface area (Å²) in [6, 6.07) is 13.6. The van der Waals surface area contributed by atoms with Crippen LogP contribution >= 0.6 is 0 Å². The predicted octanol–water partition coefficient (Wildman–Crippen LogP) is 2.63. The Bertz CT molecular complexity index is 644. The minimum Gasteiger partial charge on any atom is -0.504 e. The molecule has 0 bridgehead atoms. The highest BCUT2D eigenvalue weighted by Gasteiger charge is 2.05. The number of hydrogen-bond acceptors (Lipinski definition) is 2. The third kappa shape index (κ3) is 1.87. The minimum atomic E-state index is 0.215. The predicted molar refractivity (Wildman–Crippen MR) is 66.1 cm³/mol. The van der Waals surface area contributed by atoms with Crippen LogP contribution in [0.4, 0.5) is 0 Å². The first-order valence-corrected chi connectivity index (χ1v) is 5.52. The van der Waals surface area contributed by atoms with Crippen LogP contribution < -0.4 is 0 Å². The number of aromatic hydroxyl groups is 1. The Balaban J connectivity index is 1.99. The molecule has 3 rings (SSSR count). The number of pyridine rings is 1. The Morgan fingerprint density at radius 2 is 1.88 bits per heavy atom. The summed E-state index contributed by atoms with van der Waals surface area (Å²) in [4.78, 5) is 4.42. The molecule has 0 atom stereocenters. The summed E-state index contributed by atoms with van der Waals surface area (Å²) in [6.45, 7) is 0. The monoisotopic (exact) mass is 224 g/mol. The van der Waals surface area contributed by atoms with E-state index in [0.29, 0.717) is 5.65 Å². The molecule has 1 aromatic carbocycles. The zero-order chi connectivity index (χ0) is 11.7. The van der Waals surface area contributed by atoms with Gasteiger partial charge in [-0.1, -0.05) is 30.3 Å². The normalized spacial score (nSPS) is 10.8. The number of benzene rings is 1. The second kappa shape index (κ2) is 3.94. The number of aromatic nitrogens is 2. The van der Waals surface area contributed by atoms with E-state index in [4.69, 9.17) is 0 Å². The molecular formula is C14H12N2O. The maximum atomic E-state index is 9.67. The Morgan fingerprint density at radius 3 is 2.65 bits per heavy atom. The van der Waals surface area contributed by atoms with Gasteiger partial charge in [-0.05, 0) is 17.7 Å². The van der Waals surface area contributed by atoms with E-state index < -0.39 is 0 Å². The molecule has 17 heavy (non-hydrogen) atoms. The molecule has 0 saturated heterocycles. The van der Waals surface area contributed by atoms with Crippen molar-refractivity contribution in [3.63, 3.8) is 0 Å². The van der Waals surface area contributed by atoms with Crippen LogP contribution in [0.2, 0.25) is 0 Å². The van der Waals surface area contributed by atoms with E-state index in [1.807, 2.05) is 35.0 Å². The lowest BCUT2D eigenvalue weighted by Crippen LogP contribution is -1.86. The zero-order valence-electron chi connectivity index (χ0n) is 9.24. The van der Waals surface area contributed by atoms with Gasteiger partial charge >= 0.3 is 0 Å². The van der Waals surface area contributed by atoms with Crippen LogP contribution in [0, 0.1) is 0 Å². The van der Waals surface area contributed by atoms with Gasteiger partial charge < -0.3 is 9.51 Å². The fourth-order valence-electron chi connectivity index (χ4n) is 1.94. The molecule has 3 aromatic rings. The maximum Gasteiger partial charge on any atom is 0.179 e. The smallest absolute Gasteiger partial charge is 0.179 e. The molecule has 0 aliphatic carbocycles. The molecule has 2 aromatic heterocycles. The van der Waals surface area contributed by atoms with Gasteiger partial charge in [-0.25, -0.2) is 4.98 Å². The number of rotatable bonds is 2. The number of fused-ring (bicyclic) bond motifs is 1. The molecule has 84 valence electrons. The summed E-state index contributed by atoms with van der Waals surface area (Å²) in [7, 11) is 0. The fourth-order valence-corrected chi connectivity index (χ4v) is 1.94. The molecule has 0 amide bonds. The van der Waals surface area contributed by atoms with Crippen molar-refractivity contribution >= 4 is 5.65 Å². The number of nitrogens with zero attached hydrogens (tertiary/aromatic N) is 2. The van der Waals surface area contributed by atoms with E-state index in [9.17, 15) is 5.11 Å². The molecule has 3 nitrogen and oxygen atoms in total. The fraction of sp³-hybridized carbons (Fsp3) is 0.0714. The van der Waals surface area contributed by atoms with Crippen LogP contribution in [0.3, 0.4) is 0 Å². The average molecular weight is 224 g/mol. The van der Waals surface area contributed by atoms with Crippen LogP contribution in [-0.2, 0) is 6.42 Å². The summed E-state index contributed by atoms with van der Waals surface area (Å²) in [5.41, 5.74) is 2.78. The van der Waals surface area contributed by atoms with Crippen LogP contribution in [-0.4, -0.2) is 14.5 Å². The lowest BCUT2D eigenvalue weighted by atomic mass is 10.1. The summed E-state index contributed by atoms with van der Waals surface area (Å²) in [5.74, 6) is 0.215. The SMILES string of the molecule is Oc1cccn2cc(Cc3ccccc3)nc12. The molecule has 0 radical (unpaired) electrons. The van der Waals surface area contributed by atoms with Gasteiger partial charge in [-0.15, -0.1) is 0 Å². The lowest BCUT2D eigenvalue weighted by molar-refractivity contribution is 0.477. The second-order valence-corrected chi connectivity index (χ2v) is 4.02. The highest BCUT2D eigenvalue weighted by Crippen LogP contribution is 2.18. The van der Waals surface area contributed by atoms with Gasteiger partial charge in [-0.3, -0.25) is 0 Å². The Kier molecular flexibility index (Phi) is 2.29. The van der Waals surface area contributed by atoms with Gasteiger partial charge in [0, 0.05) is 18.8 Å². The van der Waals surface area contributed by atoms with E-state index >= 15 is 0 Å². The van der Waals surface area contributed by atoms with Gasteiger partial charge in [0.05, 0.1) is 5.69 Å². The maximum absolute atomic E-state index is 9.67. The second-order valence-electron chi connectivity index (χ2n) is 4.02. The van der Waals surface area contributed by atoms with Gasteiger partial charge in [0.1, 0.15) is 0 Å². The minimum absolute atomic E-state index is 0.215. The average Bonchev–Trinajstić information content (AvgIpc) is 2.74. The van der Waals surface area contributed by atoms with Crippen LogP contribution in [0.25, 0.3) is 5.65 Å². The van der Waals surface area contributed by atoms with Crippen LogP contribution in [0.5, 0.6) is 5.75 Å². The number of imidazole rings is 1. The first-order chi connectivity index (χ1) is 8.33. The van der Waals surface area contributed by atoms with E-state index in [1.165, 1.54) is 5.56 Å². The highest BCUT2D eigenvalue weighted by atomic mass is 16.3. The molecule has 0 aliphatic heterocycles. The lowest BCUT2D eigenvalue weighted by Gasteiger charge is -1.95. The van der Waals surface area contributed by atoms with Crippen molar-refractivity contribution in [3.8, 4) is 5.75 Å². The van der Waals surface area contributed by atoms with E-state index in [-0.39, 0.29) is 5.75 Å². The van der Waals surface area contributed by atoms with Gasteiger partial charge in [0.2, 0.25) is 0 Å². The van der Waals surface area contributed by atoms with Crippen LogP contribution in [0.1, 0.15) is 11.3 Å². The molecule has 3 heteroatoms. The molecule has 1 N–H and O–H groups in total. The highest BCUT2D eigenvalue weighted by molar-refractivity contribution is 5.53. The largest absolute Gasteiger partial charge is 0.504 e.